The van der Waals surface area contributed by atoms with Gasteiger partial charge >= 0.3 is 5.97 Å². The van der Waals surface area contributed by atoms with Crippen LogP contribution >= 0.6 is 11.8 Å². The van der Waals surface area contributed by atoms with Gasteiger partial charge < -0.3 is 4.74 Å². The summed E-state index contributed by atoms with van der Waals surface area (Å²) >= 11 is 1.36. The summed E-state index contributed by atoms with van der Waals surface area (Å²) in [7, 11) is 0. The lowest BCUT2D eigenvalue weighted by Gasteiger charge is -1.98. The molecule has 0 aliphatic carbocycles. The van der Waals surface area contributed by atoms with Crippen LogP contribution in [0.25, 0.3) is 0 Å². The van der Waals surface area contributed by atoms with Gasteiger partial charge in [-0.25, -0.2) is 9.79 Å². The van der Waals surface area contributed by atoms with Crippen LogP contribution in [-0.4, -0.2) is 17.7 Å². The van der Waals surface area contributed by atoms with Gasteiger partial charge in [0.2, 0.25) is 0 Å². The molecule has 1 aromatic carbocycles. The normalized spacial score (nSPS) is 15.4. The monoisotopic (exact) mass is 193 g/mol. The Hall–Kier alpha value is -1.29. The Balaban J connectivity index is 2.04. The van der Waals surface area contributed by atoms with Crippen molar-refractivity contribution in [1.29, 1.82) is 0 Å². The predicted molar refractivity (Wildman–Crippen MR) is 50.7 cm³/mol. The average Bonchev–Trinajstić information content (AvgIpc) is 2.53. The van der Waals surface area contributed by atoms with Gasteiger partial charge in [0.05, 0.1) is 0 Å². The first-order chi connectivity index (χ1) is 6.34. The summed E-state index contributed by atoms with van der Waals surface area (Å²) in [6.07, 6.45) is 0. The Labute approximate surface area is 79.8 Å². The molecule has 2 rings (SSSR count). The number of hydrogen-bond donors (Lipinski definition) is 0. The Kier molecular flexibility index (Phi) is 2.31. The Morgan fingerprint density at radius 2 is 2.08 bits per heavy atom. The van der Waals surface area contributed by atoms with Crippen molar-refractivity contribution in [1.82, 2.24) is 0 Å². The first-order valence-electron chi connectivity index (χ1n) is 3.82. The van der Waals surface area contributed by atoms with E-state index in [0.717, 1.165) is 4.90 Å². The molecule has 0 radical (unpaired) electrons. The van der Waals surface area contributed by atoms with Crippen molar-refractivity contribution in [2.45, 2.75) is 4.90 Å². The number of ether oxygens (including phenoxy) is 1. The largest absolute Gasteiger partial charge is 0.400 e. The van der Waals surface area contributed by atoms with Crippen LogP contribution in [0.3, 0.4) is 0 Å². The molecule has 0 N–H and O–H groups in total. The Bertz CT molecular complexity index is 348. The van der Waals surface area contributed by atoms with Gasteiger partial charge in [-0.2, -0.15) is 0 Å². The minimum atomic E-state index is -0.279. The van der Waals surface area contributed by atoms with Crippen molar-refractivity contribution in [3.05, 3.63) is 30.3 Å². The molecule has 0 aromatic heterocycles. The molecule has 0 bridgehead atoms. The number of aliphatic imine (C=N–C) groups is 1. The predicted octanol–water partition coefficient (Wildman–Crippen LogP) is 1.69. The number of rotatable bonds is 1. The molecular weight excluding hydrogens is 186 g/mol. The lowest BCUT2D eigenvalue weighted by Crippen LogP contribution is -2.00. The second-order valence-corrected chi connectivity index (χ2v) is 3.50. The fourth-order valence-corrected chi connectivity index (χ4v) is 1.69. The van der Waals surface area contributed by atoms with Gasteiger partial charge in [-0.15, -0.1) is 0 Å². The first kappa shape index (κ1) is 8.31. The van der Waals surface area contributed by atoms with E-state index in [4.69, 9.17) is 4.74 Å². The summed E-state index contributed by atoms with van der Waals surface area (Å²) < 4.78 is 4.84. The molecule has 0 saturated heterocycles. The van der Waals surface area contributed by atoms with E-state index in [1.165, 1.54) is 11.8 Å². The maximum absolute atomic E-state index is 10.7. The molecule has 0 unspecified atom stereocenters. The molecule has 1 aliphatic heterocycles. The van der Waals surface area contributed by atoms with Crippen molar-refractivity contribution >= 4 is 23.0 Å². The number of nitrogens with zero attached hydrogens (tertiary/aromatic N) is 1. The molecule has 0 atom stereocenters. The summed E-state index contributed by atoms with van der Waals surface area (Å²) in [5, 5.41) is 0.441. The third-order valence-corrected chi connectivity index (χ3v) is 2.38. The average molecular weight is 193 g/mol. The Morgan fingerprint density at radius 3 is 2.69 bits per heavy atom. The molecular formula is C9H7NO2S. The number of carbonyl (C=O) groups excluding carboxylic acids is 1. The molecule has 13 heavy (non-hydrogen) atoms. The van der Waals surface area contributed by atoms with Crippen molar-refractivity contribution < 1.29 is 9.53 Å². The number of cyclic esters (lactones) is 1. The van der Waals surface area contributed by atoms with Crippen LogP contribution in [0.15, 0.2) is 40.2 Å². The maximum Gasteiger partial charge on any atom is 0.334 e. The van der Waals surface area contributed by atoms with Crippen LogP contribution in [0, 0.1) is 0 Å². The molecule has 0 amide bonds. The minimum absolute atomic E-state index is 0.148. The highest BCUT2D eigenvalue weighted by Crippen LogP contribution is 2.21. The van der Waals surface area contributed by atoms with Crippen LogP contribution in [-0.2, 0) is 9.53 Å². The fourth-order valence-electron chi connectivity index (χ4n) is 0.933. The van der Waals surface area contributed by atoms with Gasteiger partial charge in [-0.3, -0.25) is 0 Å². The molecule has 1 aromatic rings. The van der Waals surface area contributed by atoms with Crippen LogP contribution in [0.1, 0.15) is 0 Å². The Morgan fingerprint density at radius 1 is 1.31 bits per heavy atom. The van der Waals surface area contributed by atoms with Gasteiger partial charge in [0.1, 0.15) is 6.54 Å². The van der Waals surface area contributed by atoms with E-state index < -0.39 is 0 Å². The summed E-state index contributed by atoms with van der Waals surface area (Å²) in [5.74, 6) is -0.279. The zero-order valence-corrected chi connectivity index (χ0v) is 7.58. The quantitative estimate of drug-likeness (QED) is 0.637. The fraction of sp³-hybridized carbons (Fsp3) is 0.111. The zero-order valence-electron chi connectivity index (χ0n) is 6.77. The summed E-state index contributed by atoms with van der Waals surface area (Å²) in [5.41, 5.74) is 0. The molecule has 0 spiro atoms. The number of esters is 1. The molecule has 3 nitrogen and oxygen atoms in total. The van der Waals surface area contributed by atoms with E-state index in [-0.39, 0.29) is 12.5 Å². The first-order valence-corrected chi connectivity index (χ1v) is 4.64. The highest BCUT2D eigenvalue weighted by atomic mass is 32.2. The molecule has 0 fully saturated rings. The molecule has 0 saturated carbocycles. The second-order valence-electron chi connectivity index (χ2n) is 2.47. The van der Waals surface area contributed by atoms with Crippen LogP contribution in [0.4, 0.5) is 0 Å². The number of benzene rings is 1. The molecule has 1 aliphatic rings. The van der Waals surface area contributed by atoms with Crippen LogP contribution in [0.5, 0.6) is 0 Å². The van der Waals surface area contributed by atoms with Crippen LogP contribution in [0.2, 0.25) is 0 Å². The highest BCUT2D eigenvalue weighted by molar-refractivity contribution is 8.13. The summed E-state index contributed by atoms with van der Waals surface area (Å²) in [4.78, 5) is 15.6. The van der Waals surface area contributed by atoms with Gasteiger partial charge in [0.15, 0.2) is 0 Å². The molecule has 4 heteroatoms. The second kappa shape index (κ2) is 3.62. The van der Waals surface area contributed by atoms with E-state index >= 15 is 0 Å². The minimum Gasteiger partial charge on any atom is -0.400 e. The zero-order chi connectivity index (χ0) is 9.10. The number of hydrogen-bond acceptors (Lipinski definition) is 4. The van der Waals surface area contributed by atoms with Gasteiger partial charge in [0.25, 0.3) is 5.23 Å². The third-order valence-electron chi connectivity index (χ3n) is 1.49. The topological polar surface area (TPSA) is 38.7 Å². The van der Waals surface area contributed by atoms with Crippen molar-refractivity contribution in [3.63, 3.8) is 0 Å². The van der Waals surface area contributed by atoms with Gasteiger partial charge in [-0.05, 0) is 23.9 Å². The highest BCUT2D eigenvalue weighted by Gasteiger charge is 2.16. The van der Waals surface area contributed by atoms with E-state index in [1.54, 1.807) is 0 Å². The van der Waals surface area contributed by atoms with Crippen molar-refractivity contribution in [2.75, 3.05) is 6.54 Å². The van der Waals surface area contributed by atoms with E-state index in [9.17, 15) is 4.79 Å². The lowest BCUT2D eigenvalue weighted by atomic mass is 10.4. The van der Waals surface area contributed by atoms with E-state index in [2.05, 4.69) is 4.99 Å². The summed E-state index contributed by atoms with van der Waals surface area (Å²) in [6, 6.07) is 9.69. The van der Waals surface area contributed by atoms with E-state index in [1.807, 2.05) is 30.3 Å². The summed E-state index contributed by atoms with van der Waals surface area (Å²) in [6.45, 7) is 0.148. The molecule has 1 heterocycles. The standard InChI is InChI=1S/C9H7NO2S/c11-8-6-10-9(12-8)13-7-4-2-1-3-5-7/h1-5H,6H2. The molecule has 66 valence electrons. The number of thioether (sulfide) groups is 1. The smallest absolute Gasteiger partial charge is 0.334 e. The van der Waals surface area contributed by atoms with Crippen LogP contribution < -0.4 is 0 Å². The van der Waals surface area contributed by atoms with Gasteiger partial charge in [-0.1, -0.05) is 18.2 Å². The van der Waals surface area contributed by atoms with E-state index in [0.29, 0.717) is 5.23 Å². The SMILES string of the molecule is O=C1CN=C(Sc2ccccc2)O1. The third kappa shape index (κ3) is 2.09. The van der Waals surface area contributed by atoms with Crippen molar-refractivity contribution in [2.24, 2.45) is 4.99 Å². The van der Waals surface area contributed by atoms with Gasteiger partial charge in [0, 0.05) is 4.90 Å². The number of carbonyl (C=O) groups is 1. The lowest BCUT2D eigenvalue weighted by molar-refractivity contribution is -0.132. The van der Waals surface area contributed by atoms with Crippen molar-refractivity contribution in [3.8, 4) is 0 Å². The maximum atomic E-state index is 10.7.